The summed E-state index contributed by atoms with van der Waals surface area (Å²) >= 11 is 1.69. The Bertz CT molecular complexity index is 688. The molecule has 1 atom stereocenters. The predicted molar refractivity (Wildman–Crippen MR) is 91.0 cm³/mol. The third kappa shape index (κ3) is 3.20. The van der Waals surface area contributed by atoms with E-state index in [9.17, 15) is 0 Å². The van der Waals surface area contributed by atoms with Crippen LogP contribution in [-0.4, -0.2) is 42.9 Å². The van der Waals surface area contributed by atoms with Crippen LogP contribution in [0.3, 0.4) is 0 Å². The lowest BCUT2D eigenvalue weighted by Crippen LogP contribution is -2.43. The molecule has 5 nitrogen and oxygen atoms in total. The molecular weight excluding hydrogens is 310 g/mol. The van der Waals surface area contributed by atoms with Crippen LogP contribution in [0.1, 0.15) is 18.5 Å². The molecule has 0 radical (unpaired) electrons. The van der Waals surface area contributed by atoms with Crippen molar-refractivity contribution in [2.75, 3.05) is 26.9 Å². The van der Waals surface area contributed by atoms with E-state index in [1.54, 1.807) is 11.3 Å². The second-order valence-corrected chi connectivity index (χ2v) is 6.93. The van der Waals surface area contributed by atoms with Crippen molar-refractivity contribution in [2.45, 2.75) is 25.4 Å². The Kier molecular flexibility index (Phi) is 4.20. The van der Waals surface area contributed by atoms with E-state index in [0.717, 1.165) is 47.4 Å². The molecule has 0 saturated carbocycles. The fourth-order valence-electron chi connectivity index (χ4n) is 3.21. The molecule has 2 aliphatic rings. The van der Waals surface area contributed by atoms with Crippen LogP contribution in [-0.2, 0) is 6.54 Å². The average molecular weight is 331 g/mol. The molecule has 1 saturated heterocycles. The molecule has 3 heterocycles. The summed E-state index contributed by atoms with van der Waals surface area (Å²) in [4.78, 5) is 7.30. The van der Waals surface area contributed by atoms with Crippen molar-refractivity contribution in [1.82, 2.24) is 15.2 Å². The number of hydrogen-bond donors (Lipinski definition) is 1. The zero-order valence-electron chi connectivity index (χ0n) is 13.2. The molecule has 4 rings (SSSR count). The number of thiazole rings is 1. The van der Waals surface area contributed by atoms with Crippen molar-refractivity contribution in [3.63, 3.8) is 0 Å². The number of fused-ring (bicyclic) bond motifs is 1. The summed E-state index contributed by atoms with van der Waals surface area (Å²) < 4.78 is 10.8. The largest absolute Gasteiger partial charge is 0.454 e. The SMILES string of the molecule is CNC1CCCN(Cc2csc(-c3ccc4c(c3)OCO4)n2)C1. The van der Waals surface area contributed by atoms with Gasteiger partial charge in [0.25, 0.3) is 0 Å². The summed E-state index contributed by atoms with van der Waals surface area (Å²) in [5.41, 5.74) is 2.25. The number of aromatic nitrogens is 1. The van der Waals surface area contributed by atoms with E-state index < -0.39 is 0 Å². The lowest BCUT2D eigenvalue weighted by molar-refractivity contribution is 0.174. The van der Waals surface area contributed by atoms with Crippen LogP contribution in [0, 0.1) is 0 Å². The van der Waals surface area contributed by atoms with Gasteiger partial charge < -0.3 is 14.8 Å². The predicted octanol–water partition coefficient (Wildman–Crippen LogP) is 2.72. The average Bonchev–Trinajstić information content (AvgIpc) is 3.23. The van der Waals surface area contributed by atoms with Gasteiger partial charge >= 0.3 is 0 Å². The smallest absolute Gasteiger partial charge is 0.231 e. The molecule has 6 heteroatoms. The zero-order chi connectivity index (χ0) is 15.6. The third-order valence-corrected chi connectivity index (χ3v) is 5.41. The van der Waals surface area contributed by atoms with Crippen LogP contribution < -0.4 is 14.8 Å². The molecule has 1 fully saturated rings. The van der Waals surface area contributed by atoms with E-state index in [2.05, 4.69) is 22.6 Å². The van der Waals surface area contributed by atoms with Crippen molar-refractivity contribution in [3.8, 4) is 22.1 Å². The van der Waals surface area contributed by atoms with Gasteiger partial charge in [-0.25, -0.2) is 4.98 Å². The number of benzene rings is 1. The molecule has 1 unspecified atom stereocenters. The molecule has 0 aliphatic carbocycles. The van der Waals surface area contributed by atoms with Crippen LogP contribution in [0.15, 0.2) is 23.6 Å². The topological polar surface area (TPSA) is 46.6 Å². The van der Waals surface area contributed by atoms with Gasteiger partial charge in [-0.3, -0.25) is 4.90 Å². The van der Waals surface area contributed by atoms with Gasteiger partial charge in [0.2, 0.25) is 6.79 Å². The zero-order valence-corrected chi connectivity index (χ0v) is 14.1. The first-order valence-corrected chi connectivity index (χ1v) is 8.94. The highest BCUT2D eigenvalue weighted by molar-refractivity contribution is 7.13. The molecule has 0 amide bonds. The Morgan fingerprint density at radius 1 is 1.35 bits per heavy atom. The van der Waals surface area contributed by atoms with Gasteiger partial charge in [0.15, 0.2) is 11.5 Å². The number of nitrogens with zero attached hydrogens (tertiary/aromatic N) is 2. The number of hydrogen-bond acceptors (Lipinski definition) is 6. The van der Waals surface area contributed by atoms with E-state index in [1.807, 2.05) is 18.2 Å². The molecule has 122 valence electrons. The summed E-state index contributed by atoms with van der Waals surface area (Å²) in [5.74, 6) is 1.63. The van der Waals surface area contributed by atoms with Crippen molar-refractivity contribution < 1.29 is 9.47 Å². The van der Waals surface area contributed by atoms with Gasteiger partial charge in [-0.15, -0.1) is 11.3 Å². The highest BCUT2D eigenvalue weighted by Crippen LogP contribution is 2.36. The van der Waals surface area contributed by atoms with Crippen LogP contribution >= 0.6 is 11.3 Å². The summed E-state index contributed by atoms with van der Waals surface area (Å²) in [7, 11) is 2.05. The molecule has 1 aromatic heterocycles. The minimum Gasteiger partial charge on any atom is -0.454 e. The Hall–Kier alpha value is -1.63. The number of likely N-dealkylation sites (N-methyl/N-ethyl adjacent to an activating group) is 1. The number of likely N-dealkylation sites (tertiary alicyclic amines) is 1. The fourth-order valence-corrected chi connectivity index (χ4v) is 4.01. The molecule has 2 aromatic rings. The summed E-state index contributed by atoms with van der Waals surface area (Å²) in [6, 6.07) is 6.63. The maximum absolute atomic E-state index is 5.45. The molecule has 1 aromatic carbocycles. The Labute approximate surface area is 140 Å². The molecular formula is C17H21N3O2S. The van der Waals surface area contributed by atoms with Crippen LogP contribution in [0.5, 0.6) is 11.5 Å². The van der Waals surface area contributed by atoms with Crippen molar-refractivity contribution in [3.05, 3.63) is 29.3 Å². The summed E-state index contributed by atoms with van der Waals surface area (Å²) in [5, 5.41) is 6.60. The lowest BCUT2D eigenvalue weighted by atomic mass is 10.1. The van der Waals surface area contributed by atoms with Crippen LogP contribution in [0.2, 0.25) is 0 Å². The van der Waals surface area contributed by atoms with Gasteiger partial charge in [-0.1, -0.05) is 0 Å². The van der Waals surface area contributed by atoms with Crippen molar-refractivity contribution >= 4 is 11.3 Å². The number of piperidine rings is 1. The molecule has 0 spiro atoms. The normalized spacial score (nSPS) is 20.8. The van der Waals surface area contributed by atoms with Crippen molar-refractivity contribution in [1.29, 1.82) is 0 Å². The Morgan fingerprint density at radius 2 is 2.26 bits per heavy atom. The van der Waals surface area contributed by atoms with E-state index in [-0.39, 0.29) is 0 Å². The first-order valence-electron chi connectivity index (χ1n) is 8.06. The second kappa shape index (κ2) is 6.47. The Morgan fingerprint density at radius 3 is 3.17 bits per heavy atom. The van der Waals surface area contributed by atoms with Gasteiger partial charge in [0.05, 0.1) is 5.69 Å². The highest BCUT2D eigenvalue weighted by atomic mass is 32.1. The summed E-state index contributed by atoms with van der Waals surface area (Å²) in [6.45, 7) is 3.51. The lowest BCUT2D eigenvalue weighted by Gasteiger charge is -2.31. The fraction of sp³-hybridized carbons (Fsp3) is 0.471. The monoisotopic (exact) mass is 331 g/mol. The highest BCUT2D eigenvalue weighted by Gasteiger charge is 2.20. The number of ether oxygens (including phenoxy) is 2. The first kappa shape index (κ1) is 14.9. The first-order chi connectivity index (χ1) is 11.3. The Balaban J connectivity index is 1.46. The van der Waals surface area contributed by atoms with E-state index >= 15 is 0 Å². The second-order valence-electron chi connectivity index (χ2n) is 6.07. The van der Waals surface area contributed by atoms with E-state index in [1.165, 1.54) is 12.8 Å². The maximum Gasteiger partial charge on any atom is 0.231 e. The third-order valence-electron chi connectivity index (χ3n) is 4.47. The van der Waals surface area contributed by atoms with Gasteiger partial charge in [0, 0.05) is 30.1 Å². The minimum atomic E-state index is 0.309. The van der Waals surface area contributed by atoms with Crippen molar-refractivity contribution in [2.24, 2.45) is 0 Å². The minimum absolute atomic E-state index is 0.309. The quantitative estimate of drug-likeness (QED) is 0.933. The van der Waals surface area contributed by atoms with Gasteiger partial charge in [0.1, 0.15) is 5.01 Å². The van der Waals surface area contributed by atoms with E-state index in [0.29, 0.717) is 12.8 Å². The van der Waals surface area contributed by atoms with Crippen LogP contribution in [0.4, 0.5) is 0 Å². The number of nitrogens with one attached hydrogen (secondary N) is 1. The molecule has 2 aliphatic heterocycles. The standard InChI is InChI=1S/C17H21N3O2S/c1-18-13-3-2-6-20(8-13)9-14-10-23-17(19-14)12-4-5-15-16(7-12)22-11-21-15/h4-5,7,10,13,18H,2-3,6,8-9,11H2,1H3. The summed E-state index contributed by atoms with van der Waals surface area (Å²) in [6.07, 6.45) is 2.52. The molecule has 23 heavy (non-hydrogen) atoms. The van der Waals surface area contributed by atoms with E-state index in [4.69, 9.17) is 14.5 Å². The molecule has 1 N–H and O–H groups in total. The maximum atomic E-state index is 5.45. The number of rotatable bonds is 4. The van der Waals surface area contributed by atoms with Gasteiger partial charge in [-0.05, 0) is 44.6 Å². The van der Waals surface area contributed by atoms with Crippen LogP contribution in [0.25, 0.3) is 10.6 Å². The van der Waals surface area contributed by atoms with Gasteiger partial charge in [-0.2, -0.15) is 0 Å². The molecule has 0 bridgehead atoms.